The van der Waals surface area contributed by atoms with Crippen LogP contribution in [0.2, 0.25) is 5.02 Å². The van der Waals surface area contributed by atoms with E-state index in [2.05, 4.69) is 49.2 Å². The maximum absolute atomic E-state index is 10.9. The van der Waals surface area contributed by atoms with E-state index < -0.39 is 0 Å². The van der Waals surface area contributed by atoms with Gasteiger partial charge in [-0.25, -0.2) is 5.43 Å². The Morgan fingerprint density at radius 3 is 2.73 bits per heavy atom. The molecule has 0 aromatic heterocycles. The van der Waals surface area contributed by atoms with Gasteiger partial charge in [0.1, 0.15) is 0 Å². The topological polar surface area (TPSA) is 44.7 Å². The minimum absolute atomic E-state index is 0.0407. The summed E-state index contributed by atoms with van der Waals surface area (Å²) in [4.78, 5) is 13.2. The van der Waals surface area contributed by atoms with Crippen molar-refractivity contribution in [3.63, 3.8) is 0 Å². The van der Waals surface area contributed by atoms with Gasteiger partial charge in [-0.3, -0.25) is 4.79 Å². The summed E-state index contributed by atoms with van der Waals surface area (Å²) in [6, 6.07) is 4.00. The Balaban J connectivity index is 2.49. The third-order valence-electron chi connectivity index (χ3n) is 3.84. The number of hydrogen-bond donors (Lipinski definition) is 1. The second kappa shape index (κ2) is 6.13. The molecule has 0 radical (unpaired) electrons. The molecule has 0 fully saturated rings. The zero-order valence-corrected chi connectivity index (χ0v) is 14.5. The number of amides is 1. The van der Waals surface area contributed by atoms with E-state index in [1.54, 1.807) is 6.21 Å². The average molecular weight is 320 g/mol. The largest absolute Gasteiger partial charge is 0.363 e. The van der Waals surface area contributed by atoms with Crippen molar-refractivity contribution in [2.45, 2.75) is 40.2 Å². The van der Waals surface area contributed by atoms with Crippen molar-refractivity contribution in [1.29, 1.82) is 0 Å². The number of fused-ring (bicyclic) bond motifs is 1. The maximum atomic E-state index is 10.9. The zero-order valence-electron chi connectivity index (χ0n) is 13.7. The highest BCUT2D eigenvalue weighted by Gasteiger charge is 2.30. The van der Waals surface area contributed by atoms with Crippen LogP contribution < -0.4 is 10.3 Å². The molecule has 118 valence electrons. The molecule has 22 heavy (non-hydrogen) atoms. The number of halogens is 1. The highest BCUT2D eigenvalue weighted by Crippen LogP contribution is 2.40. The van der Waals surface area contributed by atoms with Crippen LogP contribution in [0.15, 0.2) is 23.3 Å². The molecule has 0 saturated carbocycles. The summed E-state index contributed by atoms with van der Waals surface area (Å²) in [5.41, 5.74) is 6.64. The lowest BCUT2D eigenvalue weighted by atomic mass is 9.88. The van der Waals surface area contributed by atoms with Gasteiger partial charge in [0, 0.05) is 30.3 Å². The third kappa shape index (κ3) is 3.17. The molecule has 0 atom stereocenters. The van der Waals surface area contributed by atoms with Gasteiger partial charge in [-0.05, 0) is 45.4 Å². The normalized spacial score (nSPS) is 16.5. The molecule has 1 N–H and O–H groups in total. The lowest BCUT2D eigenvalue weighted by Gasteiger charge is -2.43. The fourth-order valence-corrected chi connectivity index (χ4v) is 3.19. The third-order valence-corrected chi connectivity index (χ3v) is 4.17. The number of anilines is 1. The van der Waals surface area contributed by atoms with Gasteiger partial charge in [-0.2, -0.15) is 5.10 Å². The quantitative estimate of drug-likeness (QED) is 0.679. The summed E-state index contributed by atoms with van der Waals surface area (Å²) in [7, 11) is 0. The number of hydrazone groups is 1. The number of nitrogens with zero attached hydrogens (tertiary/aromatic N) is 2. The Kier molecular flexibility index (Phi) is 4.61. The molecule has 1 aromatic carbocycles. The average Bonchev–Trinajstić information content (AvgIpc) is 2.39. The van der Waals surface area contributed by atoms with Crippen LogP contribution in [-0.4, -0.2) is 24.2 Å². The van der Waals surface area contributed by atoms with E-state index in [1.165, 1.54) is 12.5 Å². The van der Waals surface area contributed by atoms with Crippen molar-refractivity contribution in [2.75, 3.05) is 11.4 Å². The number of nitrogens with one attached hydrogen (secondary N) is 1. The van der Waals surface area contributed by atoms with Crippen molar-refractivity contribution in [1.82, 2.24) is 5.43 Å². The molecule has 1 amide bonds. The second-order valence-electron chi connectivity index (χ2n) is 6.04. The van der Waals surface area contributed by atoms with Gasteiger partial charge < -0.3 is 4.90 Å². The number of likely N-dealkylation sites (N-methyl/N-ethyl adjacent to an activating group) is 1. The molecule has 5 heteroatoms. The fourth-order valence-electron chi connectivity index (χ4n) is 2.98. The molecule has 4 nitrogen and oxygen atoms in total. The van der Waals surface area contributed by atoms with Gasteiger partial charge >= 0.3 is 0 Å². The van der Waals surface area contributed by atoms with Crippen LogP contribution in [0, 0.1) is 0 Å². The van der Waals surface area contributed by atoms with E-state index in [9.17, 15) is 4.79 Å². The van der Waals surface area contributed by atoms with Gasteiger partial charge in [0.15, 0.2) is 0 Å². The Hall–Kier alpha value is -1.81. The van der Waals surface area contributed by atoms with Crippen LogP contribution in [0.25, 0.3) is 5.57 Å². The lowest BCUT2D eigenvalue weighted by molar-refractivity contribution is -0.118. The molecule has 1 aliphatic heterocycles. The number of hydrogen-bond acceptors (Lipinski definition) is 3. The molecule has 0 spiro atoms. The molecule has 1 aliphatic rings. The second-order valence-corrected chi connectivity index (χ2v) is 6.45. The Morgan fingerprint density at radius 2 is 2.14 bits per heavy atom. The van der Waals surface area contributed by atoms with E-state index in [4.69, 9.17) is 11.6 Å². The molecular weight excluding hydrogens is 298 g/mol. The highest BCUT2D eigenvalue weighted by molar-refractivity contribution is 6.33. The van der Waals surface area contributed by atoms with Crippen LogP contribution in [0.3, 0.4) is 0 Å². The first-order chi connectivity index (χ1) is 10.3. The van der Waals surface area contributed by atoms with E-state index >= 15 is 0 Å². The minimum atomic E-state index is -0.208. The van der Waals surface area contributed by atoms with Crippen molar-refractivity contribution >= 4 is 35.0 Å². The molecule has 1 heterocycles. The number of carbonyl (C=O) groups is 1. The van der Waals surface area contributed by atoms with Gasteiger partial charge in [0.05, 0.1) is 16.8 Å². The summed E-state index contributed by atoms with van der Waals surface area (Å²) >= 11 is 6.39. The van der Waals surface area contributed by atoms with E-state index in [0.717, 1.165) is 23.4 Å². The molecule has 0 unspecified atom stereocenters. The predicted molar refractivity (Wildman–Crippen MR) is 93.6 cm³/mol. The number of allylic oxidation sites excluding steroid dienone is 1. The summed E-state index contributed by atoms with van der Waals surface area (Å²) in [6.45, 7) is 11.0. The minimum Gasteiger partial charge on any atom is -0.363 e. The van der Waals surface area contributed by atoms with Crippen molar-refractivity contribution < 1.29 is 4.79 Å². The Morgan fingerprint density at radius 1 is 1.45 bits per heavy atom. The number of benzene rings is 1. The molecule has 1 aromatic rings. The van der Waals surface area contributed by atoms with E-state index in [-0.39, 0.29) is 11.4 Å². The Bertz CT molecular complexity index is 662. The van der Waals surface area contributed by atoms with Crippen LogP contribution >= 0.6 is 11.6 Å². The van der Waals surface area contributed by atoms with Crippen molar-refractivity contribution in [2.24, 2.45) is 5.10 Å². The van der Waals surface area contributed by atoms with Crippen molar-refractivity contribution in [3.05, 3.63) is 34.4 Å². The SMILES string of the molecule is CCN1c2cc(Cl)c(/C=N\NC(C)=O)cc2C(C)=CC1(C)C. The summed E-state index contributed by atoms with van der Waals surface area (Å²) < 4.78 is 0. The van der Waals surface area contributed by atoms with Gasteiger partial charge in [0.25, 0.3) is 0 Å². The lowest BCUT2D eigenvalue weighted by Crippen LogP contribution is -2.44. The standard InChI is InChI=1S/C17H22ClN3O/c1-6-21-16-8-15(18)13(10-19-20-12(3)22)7-14(16)11(2)9-17(21,4)5/h7-10H,6H2,1-5H3,(H,20,22)/b19-10-. The molecule has 2 rings (SSSR count). The summed E-state index contributed by atoms with van der Waals surface area (Å²) in [5.74, 6) is -0.208. The zero-order chi connectivity index (χ0) is 16.5. The van der Waals surface area contributed by atoms with Crippen molar-refractivity contribution in [3.8, 4) is 0 Å². The summed E-state index contributed by atoms with van der Waals surface area (Å²) in [6.07, 6.45) is 3.84. The number of rotatable bonds is 3. The summed E-state index contributed by atoms with van der Waals surface area (Å²) in [5, 5.41) is 4.52. The molecule has 0 saturated heterocycles. The smallest absolute Gasteiger partial charge is 0.236 e. The monoisotopic (exact) mass is 319 g/mol. The van der Waals surface area contributed by atoms with E-state index in [0.29, 0.717) is 5.02 Å². The van der Waals surface area contributed by atoms with Gasteiger partial charge in [0.2, 0.25) is 5.91 Å². The van der Waals surface area contributed by atoms with Crippen LogP contribution in [0.1, 0.15) is 45.7 Å². The van der Waals surface area contributed by atoms with Gasteiger partial charge in [-0.1, -0.05) is 17.7 Å². The highest BCUT2D eigenvalue weighted by atomic mass is 35.5. The Labute approximate surface area is 136 Å². The van der Waals surface area contributed by atoms with Gasteiger partial charge in [-0.15, -0.1) is 0 Å². The predicted octanol–water partition coefficient (Wildman–Crippen LogP) is 3.83. The van der Waals surface area contributed by atoms with Crippen LogP contribution in [0.5, 0.6) is 0 Å². The molecule has 0 aliphatic carbocycles. The first-order valence-electron chi connectivity index (χ1n) is 7.37. The maximum Gasteiger partial charge on any atom is 0.236 e. The molecule has 0 bridgehead atoms. The first-order valence-corrected chi connectivity index (χ1v) is 7.74. The first kappa shape index (κ1) is 16.6. The van der Waals surface area contributed by atoms with Crippen LogP contribution in [0.4, 0.5) is 5.69 Å². The molecular formula is C17H22ClN3O. The fraction of sp³-hybridized carbons (Fsp3) is 0.412. The van der Waals surface area contributed by atoms with E-state index in [1.807, 2.05) is 12.1 Å². The number of carbonyl (C=O) groups excluding carboxylic acids is 1. The van der Waals surface area contributed by atoms with Crippen LogP contribution in [-0.2, 0) is 4.79 Å².